The van der Waals surface area contributed by atoms with Crippen molar-refractivity contribution in [3.05, 3.63) is 101 Å². The molecule has 0 aromatic heterocycles. The van der Waals surface area contributed by atoms with E-state index in [1.165, 1.54) is 28.1 Å². The SMILES string of the molecule is COc1ccc2c(c1)C(C)(C)C(=CC=CC=CC=CC1=[N+](CCCCCC(=O)O)c3ccc(C)cc3C1(C)C)N2CCCCO[SH](=O)=O. The van der Waals surface area contributed by atoms with Crippen molar-refractivity contribution in [3.63, 3.8) is 0 Å². The molecule has 0 fully saturated rings. The fourth-order valence-corrected chi connectivity index (χ4v) is 7.05. The van der Waals surface area contributed by atoms with Crippen LogP contribution < -0.4 is 9.64 Å². The first-order chi connectivity index (χ1) is 22.9. The quantitative estimate of drug-likeness (QED) is 0.0768. The monoisotopic (exact) mass is 675 g/mol. The van der Waals surface area contributed by atoms with Crippen LogP contribution in [0.25, 0.3) is 0 Å². The number of rotatable bonds is 17. The number of ether oxygens (including phenoxy) is 1. The van der Waals surface area contributed by atoms with Crippen molar-refractivity contribution in [1.82, 2.24) is 0 Å². The van der Waals surface area contributed by atoms with Crippen molar-refractivity contribution in [2.24, 2.45) is 0 Å². The fraction of sp³-hybridized carbons (Fsp3) is 0.436. The highest BCUT2D eigenvalue weighted by atomic mass is 32.2. The summed E-state index contributed by atoms with van der Waals surface area (Å²) in [5, 5.41) is 9.01. The second kappa shape index (κ2) is 16.4. The summed E-state index contributed by atoms with van der Waals surface area (Å²) in [6, 6.07) is 12.8. The first-order valence-electron chi connectivity index (χ1n) is 16.8. The highest BCUT2D eigenvalue weighted by Gasteiger charge is 2.44. The Balaban J connectivity index is 1.50. The Morgan fingerprint density at radius 1 is 0.896 bits per heavy atom. The van der Waals surface area contributed by atoms with Gasteiger partial charge < -0.3 is 14.7 Å². The predicted octanol–water partition coefficient (Wildman–Crippen LogP) is 7.70. The van der Waals surface area contributed by atoms with Gasteiger partial charge in [-0.1, -0.05) is 55.9 Å². The van der Waals surface area contributed by atoms with Crippen LogP contribution in [0.1, 0.15) is 82.9 Å². The molecule has 0 aliphatic carbocycles. The summed E-state index contributed by atoms with van der Waals surface area (Å²) in [6.07, 6.45) is 18.8. The highest BCUT2D eigenvalue weighted by Crippen LogP contribution is 2.49. The summed E-state index contributed by atoms with van der Waals surface area (Å²) >= 11 is 0. The lowest BCUT2D eigenvalue weighted by molar-refractivity contribution is -0.438. The molecule has 258 valence electrons. The molecule has 0 radical (unpaired) electrons. The minimum Gasteiger partial charge on any atom is -0.497 e. The van der Waals surface area contributed by atoms with Gasteiger partial charge in [0, 0.05) is 53.9 Å². The van der Waals surface area contributed by atoms with Crippen LogP contribution in [0.2, 0.25) is 0 Å². The van der Waals surface area contributed by atoms with Gasteiger partial charge in [-0.2, -0.15) is 4.58 Å². The smallest absolute Gasteiger partial charge is 0.303 e. The van der Waals surface area contributed by atoms with Gasteiger partial charge in [0.25, 0.3) is 11.0 Å². The molecule has 9 heteroatoms. The van der Waals surface area contributed by atoms with Gasteiger partial charge in [-0.25, -0.2) is 8.42 Å². The summed E-state index contributed by atoms with van der Waals surface area (Å²) in [5.74, 6) is 0.0828. The van der Waals surface area contributed by atoms with Gasteiger partial charge in [-0.15, -0.1) is 0 Å². The van der Waals surface area contributed by atoms with Crippen molar-refractivity contribution in [2.45, 2.75) is 84.0 Å². The van der Waals surface area contributed by atoms with Gasteiger partial charge >= 0.3 is 5.97 Å². The van der Waals surface area contributed by atoms with E-state index in [0.29, 0.717) is 12.8 Å². The molecular weight excluding hydrogens is 625 g/mol. The summed E-state index contributed by atoms with van der Waals surface area (Å²) in [4.78, 5) is 13.3. The van der Waals surface area contributed by atoms with E-state index in [2.05, 4.69) is 105 Å². The average Bonchev–Trinajstić information content (AvgIpc) is 3.37. The molecule has 0 saturated carbocycles. The number of carbonyl (C=O) groups is 1. The second-order valence-corrected chi connectivity index (χ2v) is 14.2. The molecule has 0 saturated heterocycles. The van der Waals surface area contributed by atoms with Crippen LogP contribution in [-0.4, -0.2) is 56.6 Å². The maximum atomic E-state index is 11.0. The number of thiol groups is 1. The molecule has 2 aromatic carbocycles. The molecule has 2 aliphatic heterocycles. The largest absolute Gasteiger partial charge is 0.497 e. The van der Waals surface area contributed by atoms with E-state index < -0.39 is 17.0 Å². The maximum Gasteiger partial charge on any atom is 0.303 e. The lowest BCUT2D eigenvalue weighted by Crippen LogP contribution is -2.28. The molecule has 0 unspecified atom stereocenters. The van der Waals surface area contributed by atoms with Crippen LogP contribution in [0.4, 0.5) is 11.4 Å². The van der Waals surface area contributed by atoms with Crippen LogP contribution in [0.3, 0.4) is 0 Å². The standard InChI is InChI=1S/C39H50N2O6S/c1-29-20-22-33-31(27-29)38(2,3)35(40(33)24-14-10-13-19-37(42)43)17-11-8-7-9-12-18-36-39(4,5)32-28-30(46-6)21-23-34(32)41(36)25-15-16-26-47-48(44)45/h7-9,11-12,17-18,20-23,27-28,48H,10,13-16,19,24-26H2,1-6H3/p+1. The molecule has 2 heterocycles. The number of benzene rings is 2. The number of unbranched alkanes of at least 4 members (excludes halogenated alkanes) is 3. The van der Waals surface area contributed by atoms with E-state index in [0.717, 1.165) is 49.5 Å². The van der Waals surface area contributed by atoms with Crippen molar-refractivity contribution in [1.29, 1.82) is 0 Å². The molecule has 4 rings (SSSR count). The molecule has 0 bridgehead atoms. The van der Waals surface area contributed by atoms with Gasteiger partial charge in [-0.05, 0) is 82.4 Å². The van der Waals surface area contributed by atoms with E-state index in [4.69, 9.17) is 14.0 Å². The topological polar surface area (TPSA) is 96.2 Å². The zero-order chi connectivity index (χ0) is 34.9. The number of allylic oxidation sites excluding steroid dienone is 8. The molecule has 1 N–H and O–H groups in total. The first kappa shape index (κ1) is 36.9. The summed E-state index contributed by atoms with van der Waals surface area (Å²) in [7, 11) is -1.14. The number of carboxylic acids is 1. The number of nitrogens with zero attached hydrogens (tertiary/aromatic N) is 2. The Bertz CT molecular complexity index is 1700. The third-order valence-corrected chi connectivity index (χ3v) is 9.74. The zero-order valence-electron chi connectivity index (χ0n) is 29.2. The van der Waals surface area contributed by atoms with Gasteiger partial charge in [0.2, 0.25) is 5.69 Å². The van der Waals surface area contributed by atoms with E-state index in [1.807, 2.05) is 18.2 Å². The Kier molecular flexibility index (Phi) is 12.6. The number of aliphatic carboxylic acids is 1. The molecular formula is C39H51N2O6S+. The summed E-state index contributed by atoms with van der Waals surface area (Å²) in [5.41, 5.74) is 8.12. The fourth-order valence-electron chi connectivity index (χ4n) is 6.77. The number of aryl methyl sites for hydroxylation is 1. The van der Waals surface area contributed by atoms with Crippen LogP contribution >= 0.6 is 0 Å². The van der Waals surface area contributed by atoms with Crippen molar-refractivity contribution < 1.29 is 31.8 Å². The van der Waals surface area contributed by atoms with Gasteiger partial charge in [0.05, 0.1) is 19.1 Å². The molecule has 2 aliphatic rings. The molecule has 0 atom stereocenters. The number of hydrogen-bond donors (Lipinski definition) is 2. The molecule has 2 aromatic rings. The minimum atomic E-state index is -2.82. The first-order valence-corrected chi connectivity index (χ1v) is 17.9. The lowest BCUT2D eigenvalue weighted by atomic mass is 9.81. The van der Waals surface area contributed by atoms with Crippen molar-refractivity contribution in [3.8, 4) is 5.75 Å². The van der Waals surface area contributed by atoms with Crippen molar-refractivity contribution in [2.75, 3.05) is 31.7 Å². The Hall–Kier alpha value is -3.95. The molecule has 0 spiro atoms. The number of hydrogen-bond acceptors (Lipinski definition) is 6. The van der Waals surface area contributed by atoms with Crippen LogP contribution in [0.5, 0.6) is 5.75 Å². The van der Waals surface area contributed by atoms with E-state index in [1.54, 1.807) is 7.11 Å². The number of fused-ring (bicyclic) bond motifs is 2. The number of anilines is 1. The van der Waals surface area contributed by atoms with E-state index >= 15 is 0 Å². The Morgan fingerprint density at radius 2 is 1.65 bits per heavy atom. The van der Waals surface area contributed by atoms with E-state index in [9.17, 15) is 13.2 Å². The average molecular weight is 676 g/mol. The summed E-state index contributed by atoms with van der Waals surface area (Å²) < 4.78 is 34.2. The predicted molar refractivity (Wildman–Crippen MR) is 194 cm³/mol. The lowest BCUT2D eigenvalue weighted by Gasteiger charge is -2.27. The normalized spacial score (nSPS) is 17.5. The second-order valence-electron chi connectivity index (χ2n) is 13.5. The van der Waals surface area contributed by atoms with Crippen molar-refractivity contribution >= 4 is 34.0 Å². The Labute approximate surface area is 287 Å². The number of carboxylic acid groups (broad SMARTS) is 1. The molecule has 0 amide bonds. The summed E-state index contributed by atoms with van der Waals surface area (Å²) in [6.45, 7) is 12.9. The molecule has 48 heavy (non-hydrogen) atoms. The number of methoxy groups -OCH3 is 1. The van der Waals surface area contributed by atoms with Crippen LogP contribution in [-0.2, 0) is 30.8 Å². The van der Waals surface area contributed by atoms with Gasteiger partial charge in [0.15, 0.2) is 5.71 Å². The Morgan fingerprint density at radius 3 is 2.38 bits per heavy atom. The van der Waals surface area contributed by atoms with E-state index in [-0.39, 0.29) is 23.9 Å². The maximum absolute atomic E-state index is 11.0. The van der Waals surface area contributed by atoms with Gasteiger partial charge in [0.1, 0.15) is 12.3 Å². The zero-order valence-corrected chi connectivity index (χ0v) is 30.1. The third kappa shape index (κ3) is 8.74. The minimum absolute atomic E-state index is 0.152. The van der Waals surface area contributed by atoms with Crippen LogP contribution in [0, 0.1) is 6.92 Å². The third-order valence-electron chi connectivity index (χ3n) is 9.34. The van der Waals surface area contributed by atoms with Crippen LogP contribution in [0.15, 0.2) is 84.6 Å². The molecule has 8 nitrogen and oxygen atoms in total. The van der Waals surface area contributed by atoms with Gasteiger partial charge in [-0.3, -0.25) is 8.98 Å². The highest BCUT2D eigenvalue weighted by molar-refractivity contribution is 7.67.